The lowest BCUT2D eigenvalue weighted by atomic mass is 9.98. The summed E-state index contributed by atoms with van der Waals surface area (Å²) >= 11 is 6.11. The smallest absolute Gasteiger partial charge is 0.138 e. The van der Waals surface area contributed by atoms with Crippen molar-refractivity contribution in [1.29, 1.82) is 0 Å². The third-order valence-corrected chi connectivity index (χ3v) is 4.25. The van der Waals surface area contributed by atoms with Gasteiger partial charge >= 0.3 is 0 Å². The lowest BCUT2D eigenvalue weighted by molar-refractivity contribution is 0.415. The average molecular weight is 302 g/mol. The number of hydrogen-bond acceptors (Lipinski definition) is 2. The Labute approximate surface area is 131 Å². The Kier molecular flexibility index (Phi) is 4.18. The maximum Gasteiger partial charge on any atom is 0.138 e. The van der Waals surface area contributed by atoms with E-state index in [9.17, 15) is 0 Å². The Hall–Kier alpha value is -1.51. The van der Waals surface area contributed by atoms with Gasteiger partial charge in [0.1, 0.15) is 5.75 Å². The molecule has 110 valence electrons. The number of methoxy groups -OCH3 is 1. The molecule has 2 nitrogen and oxygen atoms in total. The van der Waals surface area contributed by atoms with Gasteiger partial charge in [-0.3, -0.25) is 0 Å². The van der Waals surface area contributed by atoms with Crippen LogP contribution in [0.3, 0.4) is 0 Å². The van der Waals surface area contributed by atoms with Gasteiger partial charge in [0.05, 0.1) is 12.1 Å². The first-order valence-electron chi connectivity index (χ1n) is 7.34. The number of hydrogen-bond donors (Lipinski definition) is 1. The maximum absolute atomic E-state index is 6.11. The van der Waals surface area contributed by atoms with E-state index in [0.717, 1.165) is 23.9 Å². The van der Waals surface area contributed by atoms with Crippen LogP contribution < -0.4 is 10.1 Å². The van der Waals surface area contributed by atoms with Crippen LogP contribution in [0.1, 0.15) is 24.0 Å². The van der Waals surface area contributed by atoms with Crippen LogP contribution in [-0.4, -0.2) is 13.2 Å². The largest absolute Gasteiger partial charge is 0.495 e. The second-order valence-corrected chi connectivity index (χ2v) is 6.06. The standard InChI is InChI=1S/C18H20ClNO/c1-12-3-4-13(11-20-15-6-7-15)9-16(12)14-5-8-17(19)18(10-14)21-2/h3-5,8-10,15,20H,6-7,11H2,1-2H3. The van der Waals surface area contributed by atoms with Crippen molar-refractivity contribution >= 4 is 11.6 Å². The summed E-state index contributed by atoms with van der Waals surface area (Å²) < 4.78 is 5.32. The van der Waals surface area contributed by atoms with Crippen LogP contribution in [0.5, 0.6) is 5.75 Å². The van der Waals surface area contributed by atoms with Gasteiger partial charge < -0.3 is 10.1 Å². The number of ether oxygens (including phenoxy) is 1. The molecule has 1 saturated carbocycles. The molecule has 0 bridgehead atoms. The number of aryl methyl sites for hydroxylation is 1. The molecule has 0 radical (unpaired) electrons. The van der Waals surface area contributed by atoms with E-state index in [1.165, 1.54) is 29.5 Å². The number of nitrogens with one attached hydrogen (secondary N) is 1. The van der Waals surface area contributed by atoms with Crippen molar-refractivity contribution in [3.63, 3.8) is 0 Å². The molecule has 3 rings (SSSR count). The molecule has 0 atom stereocenters. The molecule has 1 aliphatic carbocycles. The molecule has 0 heterocycles. The van der Waals surface area contributed by atoms with E-state index in [0.29, 0.717) is 5.02 Å². The highest BCUT2D eigenvalue weighted by molar-refractivity contribution is 6.32. The summed E-state index contributed by atoms with van der Waals surface area (Å²) in [5, 5.41) is 4.20. The lowest BCUT2D eigenvalue weighted by Crippen LogP contribution is -2.15. The van der Waals surface area contributed by atoms with Gasteiger partial charge in [-0.25, -0.2) is 0 Å². The Balaban J connectivity index is 1.90. The van der Waals surface area contributed by atoms with Crippen LogP contribution >= 0.6 is 11.6 Å². The zero-order valence-corrected chi connectivity index (χ0v) is 13.2. The summed E-state index contributed by atoms with van der Waals surface area (Å²) in [5.74, 6) is 0.718. The Morgan fingerprint density at radius 1 is 1.19 bits per heavy atom. The van der Waals surface area contributed by atoms with Gasteiger partial charge in [-0.15, -0.1) is 0 Å². The van der Waals surface area contributed by atoms with E-state index >= 15 is 0 Å². The molecule has 0 aliphatic heterocycles. The lowest BCUT2D eigenvalue weighted by Gasteiger charge is -2.12. The highest BCUT2D eigenvalue weighted by atomic mass is 35.5. The van der Waals surface area contributed by atoms with Crippen molar-refractivity contribution in [3.8, 4) is 16.9 Å². The van der Waals surface area contributed by atoms with Crippen molar-refractivity contribution in [3.05, 3.63) is 52.5 Å². The quantitative estimate of drug-likeness (QED) is 0.873. The first-order valence-corrected chi connectivity index (χ1v) is 7.72. The van der Waals surface area contributed by atoms with E-state index in [2.05, 4.69) is 30.4 Å². The van der Waals surface area contributed by atoms with Crippen molar-refractivity contribution in [2.75, 3.05) is 7.11 Å². The fourth-order valence-corrected chi connectivity index (χ4v) is 2.66. The van der Waals surface area contributed by atoms with Gasteiger partial charge in [0.25, 0.3) is 0 Å². The second-order valence-electron chi connectivity index (χ2n) is 5.65. The molecule has 21 heavy (non-hydrogen) atoms. The summed E-state index contributed by atoms with van der Waals surface area (Å²) in [6.45, 7) is 3.07. The molecule has 0 saturated heterocycles. The van der Waals surface area contributed by atoms with E-state index in [1.54, 1.807) is 7.11 Å². The zero-order chi connectivity index (χ0) is 14.8. The molecular formula is C18H20ClNO. The topological polar surface area (TPSA) is 21.3 Å². The van der Waals surface area contributed by atoms with Gasteiger partial charge in [0.15, 0.2) is 0 Å². The Bertz CT molecular complexity index is 650. The summed E-state index contributed by atoms with van der Waals surface area (Å²) in [4.78, 5) is 0. The summed E-state index contributed by atoms with van der Waals surface area (Å²) in [5.41, 5.74) is 4.95. The second kappa shape index (κ2) is 6.08. The molecule has 0 amide bonds. The molecule has 2 aromatic rings. The normalized spacial score (nSPS) is 14.2. The highest BCUT2D eigenvalue weighted by Gasteiger charge is 2.20. The maximum atomic E-state index is 6.11. The highest BCUT2D eigenvalue weighted by Crippen LogP contribution is 2.32. The van der Waals surface area contributed by atoms with Crippen LogP contribution in [-0.2, 0) is 6.54 Å². The van der Waals surface area contributed by atoms with Crippen LogP contribution in [0.2, 0.25) is 5.02 Å². The van der Waals surface area contributed by atoms with Gasteiger partial charge in [0, 0.05) is 12.6 Å². The van der Waals surface area contributed by atoms with Crippen LogP contribution in [0.25, 0.3) is 11.1 Å². The average Bonchev–Trinajstić information content (AvgIpc) is 3.31. The molecule has 2 aromatic carbocycles. The molecule has 1 fully saturated rings. The molecule has 3 heteroatoms. The monoisotopic (exact) mass is 301 g/mol. The first-order chi connectivity index (χ1) is 10.2. The molecule has 1 aliphatic rings. The van der Waals surface area contributed by atoms with E-state index in [4.69, 9.17) is 16.3 Å². The first kappa shape index (κ1) is 14.4. The van der Waals surface area contributed by atoms with Crippen LogP contribution in [0.15, 0.2) is 36.4 Å². The fraction of sp³-hybridized carbons (Fsp3) is 0.333. The van der Waals surface area contributed by atoms with Crippen molar-refractivity contribution < 1.29 is 4.74 Å². The number of rotatable bonds is 5. The molecular weight excluding hydrogens is 282 g/mol. The minimum Gasteiger partial charge on any atom is -0.495 e. The molecule has 0 spiro atoms. The van der Waals surface area contributed by atoms with Crippen LogP contribution in [0, 0.1) is 6.92 Å². The van der Waals surface area contributed by atoms with Gasteiger partial charge in [0.2, 0.25) is 0 Å². The molecule has 0 unspecified atom stereocenters. The fourth-order valence-electron chi connectivity index (χ4n) is 2.47. The van der Waals surface area contributed by atoms with Gasteiger partial charge in [-0.1, -0.05) is 29.8 Å². The zero-order valence-electron chi connectivity index (χ0n) is 12.4. The third kappa shape index (κ3) is 3.39. The van der Waals surface area contributed by atoms with Gasteiger partial charge in [-0.05, 0) is 60.2 Å². The minimum absolute atomic E-state index is 0.644. The number of benzene rings is 2. The summed E-state index contributed by atoms with van der Waals surface area (Å²) in [6, 6.07) is 13.3. The predicted molar refractivity (Wildman–Crippen MR) is 88.0 cm³/mol. The summed E-state index contributed by atoms with van der Waals surface area (Å²) in [6.07, 6.45) is 2.63. The van der Waals surface area contributed by atoms with E-state index < -0.39 is 0 Å². The van der Waals surface area contributed by atoms with Crippen molar-refractivity contribution in [1.82, 2.24) is 5.32 Å². The third-order valence-electron chi connectivity index (χ3n) is 3.94. The summed E-state index contributed by atoms with van der Waals surface area (Å²) in [7, 11) is 1.65. The SMILES string of the molecule is COc1cc(-c2cc(CNC3CC3)ccc2C)ccc1Cl. The molecule has 0 aromatic heterocycles. The van der Waals surface area contributed by atoms with E-state index in [-0.39, 0.29) is 0 Å². The Morgan fingerprint density at radius 3 is 2.71 bits per heavy atom. The van der Waals surface area contributed by atoms with Crippen LogP contribution in [0.4, 0.5) is 0 Å². The van der Waals surface area contributed by atoms with Crippen molar-refractivity contribution in [2.24, 2.45) is 0 Å². The van der Waals surface area contributed by atoms with E-state index in [1.807, 2.05) is 18.2 Å². The predicted octanol–water partition coefficient (Wildman–Crippen LogP) is 4.58. The van der Waals surface area contributed by atoms with Gasteiger partial charge in [-0.2, -0.15) is 0 Å². The Morgan fingerprint density at radius 2 is 2.00 bits per heavy atom. The number of halogens is 1. The van der Waals surface area contributed by atoms with Crippen molar-refractivity contribution in [2.45, 2.75) is 32.4 Å². The minimum atomic E-state index is 0.644. The molecule has 1 N–H and O–H groups in total.